The first-order chi connectivity index (χ1) is 2.81. The van der Waals surface area contributed by atoms with Crippen molar-refractivity contribution in [1.82, 2.24) is 0 Å². The summed E-state index contributed by atoms with van der Waals surface area (Å²) in [6, 6.07) is 0. The van der Waals surface area contributed by atoms with Gasteiger partial charge in [-0.1, -0.05) is 0 Å². The maximum absolute atomic E-state index is 9.57. The SMILES string of the molecule is [2H]O[Se](=O)O[2H]. The summed E-state index contributed by atoms with van der Waals surface area (Å²) in [4.78, 5) is 0. The third-order valence-electron chi connectivity index (χ3n) is 0. The summed E-state index contributed by atoms with van der Waals surface area (Å²) in [5.74, 6) is 0. The van der Waals surface area contributed by atoms with Crippen LogP contribution in [-0.4, -0.2) is 25.7 Å². The van der Waals surface area contributed by atoms with Gasteiger partial charge in [-0.2, -0.15) is 0 Å². The molecule has 0 aromatic rings. The van der Waals surface area contributed by atoms with Gasteiger partial charge in [0, 0.05) is 0 Å². The number of hydrogen-bond acceptors (Lipinski definition) is 3. The van der Waals surface area contributed by atoms with E-state index >= 15 is 0 Å². The van der Waals surface area contributed by atoms with Gasteiger partial charge < -0.3 is 0 Å². The van der Waals surface area contributed by atoms with Crippen LogP contribution in [0.1, 0.15) is 0 Å². The van der Waals surface area contributed by atoms with Crippen molar-refractivity contribution in [3.05, 3.63) is 0 Å². The van der Waals surface area contributed by atoms with Crippen LogP contribution in [0.15, 0.2) is 0 Å². The van der Waals surface area contributed by atoms with Gasteiger partial charge >= 0.3 is 29.6 Å². The average Bonchev–Trinajstić information content (AvgIpc) is 1.65. The van der Waals surface area contributed by atoms with Crippen LogP contribution >= 0.6 is 0 Å². The first kappa shape index (κ1) is 1.62. The maximum atomic E-state index is 9.57. The summed E-state index contributed by atoms with van der Waals surface area (Å²) >= 11 is -2.97. The first-order valence-corrected chi connectivity index (χ1v) is 2.60. The van der Waals surface area contributed by atoms with E-state index < -0.39 is 14.5 Å². The zero-order valence-corrected chi connectivity index (χ0v) is 3.35. The van der Waals surface area contributed by atoms with Crippen LogP contribution in [0.25, 0.3) is 0 Å². The first-order valence-electron chi connectivity index (χ1n) is 1.32. The fraction of sp³-hybridized carbons (Fsp3) is 0. The van der Waals surface area contributed by atoms with Gasteiger partial charge in [0.25, 0.3) is 0 Å². The van der Waals surface area contributed by atoms with Crippen molar-refractivity contribution < 1.29 is 12.2 Å². The van der Waals surface area contributed by atoms with Crippen molar-refractivity contribution >= 4 is 14.5 Å². The van der Waals surface area contributed by atoms with Gasteiger partial charge in [0.15, 0.2) is 0 Å². The second-order valence-corrected chi connectivity index (χ2v) is 1.06. The van der Waals surface area contributed by atoms with Crippen LogP contribution in [-0.2, 0) is 3.83 Å². The van der Waals surface area contributed by atoms with E-state index in [-0.39, 0.29) is 0 Å². The zero-order chi connectivity index (χ0) is 4.99. The molecule has 0 aliphatic heterocycles. The van der Waals surface area contributed by atoms with Crippen LogP contribution in [0.3, 0.4) is 0 Å². The molecule has 0 rings (SSSR count). The van der Waals surface area contributed by atoms with Gasteiger partial charge in [-0.15, -0.1) is 0 Å². The standard InChI is InChI=1S/H2O3Se/c1-4(2)3/h(H2,1,2,3)/i/hD2. The second-order valence-electron chi connectivity index (χ2n) is 0.204. The Kier molecular flexibility index (Phi) is 0.627. The molecule has 0 saturated carbocycles. The van der Waals surface area contributed by atoms with Crippen LogP contribution < -0.4 is 0 Å². The van der Waals surface area contributed by atoms with E-state index in [1.807, 2.05) is 0 Å². The summed E-state index contributed by atoms with van der Waals surface area (Å²) in [7, 11) is 0. The normalized spacial score (nSPS) is 15.2. The monoisotopic (exact) mass is 132 g/mol. The summed E-state index contributed by atoms with van der Waals surface area (Å²) in [6.45, 7) is 0. The molecule has 3 nitrogen and oxygen atoms in total. The molecule has 0 aromatic carbocycles. The Bertz CT molecular complexity index is 46.8. The molecule has 0 aromatic heterocycles. The molecule has 26 valence electrons. The quantitative estimate of drug-likeness (QED) is 0.443. The van der Waals surface area contributed by atoms with Gasteiger partial charge in [-0.3, -0.25) is 0 Å². The van der Waals surface area contributed by atoms with E-state index in [1.54, 1.807) is 0 Å². The van der Waals surface area contributed by atoms with E-state index in [0.717, 1.165) is 0 Å². The van der Waals surface area contributed by atoms with Crippen molar-refractivity contribution in [2.75, 3.05) is 0 Å². The van der Waals surface area contributed by atoms with Crippen molar-refractivity contribution in [1.29, 1.82) is 2.86 Å². The topological polar surface area (TPSA) is 57.5 Å². The number of rotatable bonds is 2. The fourth-order valence-electron chi connectivity index (χ4n) is 0. The van der Waals surface area contributed by atoms with E-state index in [9.17, 15) is 3.83 Å². The molecule has 0 amide bonds. The van der Waals surface area contributed by atoms with Crippen molar-refractivity contribution in [2.24, 2.45) is 0 Å². The fourth-order valence-corrected chi connectivity index (χ4v) is 0. The molecule has 0 aliphatic rings. The molecule has 4 heavy (non-hydrogen) atoms. The summed E-state index contributed by atoms with van der Waals surface area (Å²) < 4.78 is 27.8. The Labute approximate surface area is 30.6 Å². The predicted octanol–water partition coefficient (Wildman–Crippen LogP) is -1.61. The van der Waals surface area contributed by atoms with E-state index in [4.69, 9.17) is 2.86 Å². The van der Waals surface area contributed by atoms with Crippen LogP contribution in [0.2, 0.25) is 0 Å². The molecule has 0 unspecified atom stereocenters. The van der Waals surface area contributed by atoms with Gasteiger partial charge in [0.2, 0.25) is 0 Å². The van der Waals surface area contributed by atoms with E-state index in [2.05, 4.69) is 8.38 Å². The van der Waals surface area contributed by atoms with Crippen molar-refractivity contribution in [2.45, 2.75) is 0 Å². The van der Waals surface area contributed by atoms with Crippen LogP contribution in [0.5, 0.6) is 0 Å². The minimum absolute atomic E-state index is 2.97. The van der Waals surface area contributed by atoms with Crippen molar-refractivity contribution in [3.8, 4) is 0 Å². The third kappa shape index (κ3) is 60.0. The van der Waals surface area contributed by atoms with Crippen molar-refractivity contribution in [3.63, 3.8) is 0 Å². The Morgan fingerprint density at radius 3 is 2.50 bits per heavy atom. The molecule has 0 aliphatic carbocycles. The molecular weight excluding hydrogens is 127 g/mol. The molecule has 0 fully saturated rings. The number of hydrogen-bond donors (Lipinski definition) is 2. The molecule has 4 heteroatoms. The molecule has 0 saturated heterocycles. The van der Waals surface area contributed by atoms with Gasteiger partial charge in [0.1, 0.15) is 0 Å². The molecule has 0 spiro atoms. The molecule has 0 bridgehead atoms. The minimum atomic E-state index is -2.97. The Hall–Kier alpha value is 0.239. The van der Waals surface area contributed by atoms with Crippen LogP contribution in [0.4, 0.5) is 0 Å². The Morgan fingerprint density at radius 2 is 2.50 bits per heavy atom. The zero-order valence-electron chi connectivity index (χ0n) is 3.63. The third-order valence-corrected chi connectivity index (χ3v) is 0. The Morgan fingerprint density at radius 1 is 2.00 bits per heavy atom. The average molecular weight is 131 g/mol. The molecule has 0 heterocycles. The molecule has 0 radical (unpaired) electrons. The summed E-state index contributed by atoms with van der Waals surface area (Å²) in [5, 5.41) is 0. The molecular formula is H2O3Se. The van der Waals surface area contributed by atoms with Gasteiger partial charge in [-0.25, -0.2) is 0 Å². The Balaban J connectivity index is 2.99. The van der Waals surface area contributed by atoms with E-state index in [1.165, 1.54) is 0 Å². The summed E-state index contributed by atoms with van der Waals surface area (Å²) in [5.41, 5.74) is 0. The second kappa shape index (κ2) is 1.55. The van der Waals surface area contributed by atoms with Gasteiger partial charge in [-0.05, 0) is 0 Å². The summed E-state index contributed by atoms with van der Waals surface area (Å²) in [6.07, 6.45) is 0. The van der Waals surface area contributed by atoms with Crippen LogP contribution in [0, 0.1) is 0 Å². The molecule has 2 N–H and O–H groups in total. The van der Waals surface area contributed by atoms with Gasteiger partial charge in [0.05, 0.1) is 0 Å². The predicted molar refractivity (Wildman–Crippen MR) is 10.9 cm³/mol. The van der Waals surface area contributed by atoms with E-state index in [0.29, 0.717) is 0 Å². The molecule has 0 atom stereocenters.